The first kappa shape index (κ1) is 20.3. The molecule has 152 valence electrons. The summed E-state index contributed by atoms with van der Waals surface area (Å²) in [5.41, 5.74) is 1.81. The fraction of sp³-hybridized carbons (Fsp3) is 0.286. The first-order valence-corrected chi connectivity index (χ1v) is 9.04. The first-order chi connectivity index (χ1) is 13.9. The number of methoxy groups -OCH3 is 1. The third-order valence-electron chi connectivity index (χ3n) is 4.54. The van der Waals surface area contributed by atoms with Gasteiger partial charge in [0.2, 0.25) is 5.91 Å². The van der Waals surface area contributed by atoms with Crippen molar-refractivity contribution in [1.82, 2.24) is 0 Å². The maximum atomic E-state index is 13.1. The van der Waals surface area contributed by atoms with E-state index in [0.717, 1.165) is 11.6 Å². The number of nitrogens with zero attached hydrogens (tertiary/aromatic N) is 1. The molecule has 0 aliphatic carbocycles. The van der Waals surface area contributed by atoms with Gasteiger partial charge in [-0.2, -0.15) is 0 Å². The summed E-state index contributed by atoms with van der Waals surface area (Å²) in [6.45, 7) is 1.52. The summed E-state index contributed by atoms with van der Waals surface area (Å²) in [6, 6.07) is 10.8. The number of halogens is 1. The zero-order valence-electron chi connectivity index (χ0n) is 16.1. The van der Waals surface area contributed by atoms with Crippen LogP contribution in [0.4, 0.5) is 15.8 Å². The fourth-order valence-corrected chi connectivity index (χ4v) is 3.13. The number of esters is 1. The molecule has 0 radical (unpaired) electrons. The van der Waals surface area contributed by atoms with E-state index in [1.807, 2.05) is 19.1 Å². The van der Waals surface area contributed by atoms with Crippen LogP contribution < -0.4 is 15.0 Å². The molecule has 7 nitrogen and oxygen atoms in total. The molecule has 0 bridgehead atoms. The molecule has 1 heterocycles. The Kier molecular flexibility index (Phi) is 6.11. The fourth-order valence-electron chi connectivity index (χ4n) is 3.13. The monoisotopic (exact) mass is 400 g/mol. The molecule has 29 heavy (non-hydrogen) atoms. The number of carbonyl (C=O) groups excluding carboxylic acids is 3. The lowest BCUT2D eigenvalue weighted by Crippen LogP contribution is -2.28. The lowest BCUT2D eigenvalue weighted by atomic mass is 10.1. The summed E-state index contributed by atoms with van der Waals surface area (Å²) in [7, 11) is 1.51. The van der Waals surface area contributed by atoms with Crippen LogP contribution in [0.2, 0.25) is 0 Å². The van der Waals surface area contributed by atoms with Gasteiger partial charge in [0.05, 0.1) is 18.7 Å². The predicted octanol–water partition coefficient (Wildman–Crippen LogP) is 2.68. The molecule has 1 saturated heterocycles. The van der Waals surface area contributed by atoms with E-state index in [1.54, 1.807) is 6.07 Å². The van der Waals surface area contributed by atoms with Crippen LogP contribution in [0.15, 0.2) is 42.5 Å². The Bertz CT molecular complexity index is 946. The summed E-state index contributed by atoms with van der Waals surface area (Å²) in [6.07, 6.45) is -0.0125. The number of ether oxygens (including phenoxy) is 2. The average molecular weight is 400 g/mol. The number of hydrogen-bond donors (Lipinski definition) is 1. The van der Waals surface area contributed by atoms with Gasteiger partial charge < -0.3 is 19.7 Å². The van der Waals surface area contributed by atoms with E-state index in [2.05, 4.69) is 5.32 Å². The van der Waals surface area contributed by atoms with Gasteiger partial charge in [0.1, 0.15) is 11.6 Å². The van der Waals surface area contributed by atoms with Crippen LogP contribution in [0.1, 0.15) is 12.0 Å². The van der Waals surface area contributed by atoms with Crippen molar-refractivity contribution in [2.24, 2.45) is 5.92 Å². The minimum atomic E-state index is -0.685. The highest BCUT2D eigenvalue weighted by atomic mass is 19.1. The molecular weight excluding hydrogens is 379 g/mol. The zero-order valence-corrected chi connectivity index (χ0v) is 16.1. The van der Waals surface area contributed by atoms with E-state index in [4.69, 9.17) is 9.47 Å². The second-order valence-electron chi connectivity index (χ2n) is 6.75. The van der Waals surface area contributed by atoms with Crippen LogP contribution >= 0.6 is 0 Å². The molecule has 1 aliphatic rings. The summed E-state index contributed by atoms with van der Waals surface area (Å²) in [5.74, 6) is -2.09. The lowest BCUT2D eigenvalue weighted by Gasteiger charge is -2.20. The molecule has 1 N–H and O–H groups in total. The maximum Gasteiger partial charge on any atom is 0.311 e. The topological polar surface area (TPSA) is 84.9 Å². The summed E-state index contributed by atoms with van der Waals surface area (Å²) in [5, 5.41) is 2.44. The van der Waals surface area contributed by atoms with Gasteiger partial charge in [-0.1, -0.05) is 12.1 Å². The largest absolute Gasteiger partial charge is 0.495 e. The van der Waals surface area contributed by atoms with Gasteiger partial charge in [-0.25, -0.2) is 4.39 Å². The van der Waals surface area contributed by atoms with E-state index in [-0.39, 0.29) is 24.6 Å². The quantitative estimate of drug-likeness (QED) is 0.754. The number of anilines is 2. The Balaban J connectivity index is 1.58. The van der Waals surface area contributed by atoms with Gasteiger partial charge in [0.25, 0.3) is 5.91 Å². The molecular formula is C21H21FN2O5. The highest BCUT2D eigenvalue weighted by Gasteiger charge is 2.37. The van der Waals surface area contributed by atoms with Crippen molar-refractivity contribution in [1.29, 1.82) is 0 Å². The summed E-state index contributed by atoms with van der Waals surface area (Å²) in [4.78, 5) is 38.2. The Hall–Kier alpha value is -3.42. The Morgan fingerprint density at radius 1 is 1.24 bits per heavy atom. The minimum absolute atomic E-state index is 0.0125. The molecule has 2 amide bonds. The van der Waals surface area contributed by atoms with E-state index < -0.39 is 30.2 Å². The molecule has 0 aromatic heterocycles. The normalized spacial score (nSPS) is 15.9. The molecule has 1 atom stereocenters. The summed E-state index contributed by atoms with van der Waals surface area (Å²) < 4.78 is 23.5. The van der Waals surface area contributed by atoms with E-state index in [0.29, 0.717) is 11.4 Å². The number of nitrogens with one attached hydrogen (secondary N) is 1. The maximum absolute atomic E-state index is 13.1. The molecule has 0 saturated carbocycles. The van der Waals surface area contributed by atoms with Crippen molar-refractivity contribution in [3.8, 4) is 5.75 Å². The van der Waals surface area contributed by atoms with Crippen molar-refractivity contribution >= 4 is 29.2 Å². The molecule has 1 fully saturated rings. The van der Waals surface area contributed by atoms with Crippen molar-refractivity contribution in [3.63, 3.8) is 0 Å². The Labute approximate surface area is 167 Å². The molecule has 3 rings (SSSR count). The molecule has 1 aliphatic heterocycles. The van der Waals surface area contributed by atoms with E-state index in [1.165, 1.54) is 30.2 Å². The van der Waals surface area contributed by atoms with Crippen LogP contribution in [-0.4, -0.2) is 38.0 Å². The SMILES string of the molecule is COc1ccc(C)cc1N1C[C@H](C(=O)OCC(=O)Nc2cccc(F)c2)CC1=O. The second kappa shape index (κ2) is 8.72. The third kappa shape index (κ3) is 4.90. The smallest absolute Gasteiger partial charge is 0.311 e. The van der Waals surface area contributed by atoms with Crippen LogP contribution in [0.25, 0.3) is 0 Å². The van der Waals surface area contributed by atoms with Gasteiger partial charge in [-0.05, 0) is 42.8 Å². The standard InChI is InChI=1S/C21H21FN2O5/c1-13-6-7-18(28-2)17(8-13)24-11-14(9-20(24)26)21(27)29-12-19(25)23-16-5-3-4-15(22)10-16/h3-8,10,14H,9,11-12H2,1-2H3,(H,23,25)/t14-/m1/s1. The van der Waals surface area contributed by atoms with Crippen LogP contribution in [0.5, 0.6) is 5.75 Å². The number of carbonyl (C=O) groups is 3. The van der Waals surface area contributed by atoms with Crippen LogP contribution in [0, 0.1) is 18.7 Å². The van der Waals surface area contributed by atoms with Gasteiger partial charge >= 0.3 is 5.97 Å². The second-order valence-corrected chi connectivity index (χ2v) is 6.75. The molecule has 2 aromatic rings. The van der Waals surface area contributed by atoms with Gasteiger partial charge in [-0.3, -0.25) is 14.4 Å². The average Bonchev–Trinajstić information content (AvgIpc) is 3.07. The highest BCUT2D eigenvalue weighted by molar-refractivity contribution is 6.01. The zero-order chi connectivity index (χ0) is 21.0. The van der Waals surface area contributed by atoms with Crippen LogP contribution in [0.3, 0.4) is 0 Å². The molecule has 8 heteroatoms. The van der Waals surface area contributed by atoms with Crippen molar-refractivity contribution in [2.45, 2.75) is 13.3 Å². The molecule has 0 spiro atoms. The Morgan fingerprint density at radius 2 is 2.03 bits per heavy atom. The number of amides is 2. The van der Waals surface area contributed by atoms with Crippen LogP contribution in [-0.2, 0) is 19.1 Å². The van der Waals surface area contributed by atoms with Gasteiger partial charge in [-0.15, -0.1) is 0 Å². The van der Waals surface area contributed by atoms with Gasteiger partial charge in [0.15, 0.2) is 6.61 Å². The molecule has 0 unspecified atom stereocenters. The predicted molar refractivity (Wildman–Crippen MR) is 104 cm³/mol. The lowest BCUT2D eigenvalue weighted by molar-refractivity contribution is -0.151. The molecule has 2 aromatic carbocycles. The summed E-state index contributed by atoms with van der Waals surface area (Å²) >= 11 is 0. The first-order valence-electron chi connectivity index (χ1n) is 9.04. The van der Waals surface area contributed by atoms with Crippen molar-refractivity contribution in [3.05, 3.63) is 53.8 Å². The minimum Gasteiger partial charge on any atom is -0.495 e. The van der Waals surface area contributed by atoms with Crippen molar-refractivity contribution in [2.75, 3.05) is 30.5 Å². The number of benzene rings is 2. The number of aryl methyl sites for hydroxylation is 1. The number of hydrogen-bond acceptors (Lipinski definition) is 5. The van der Waals surface area contributed by atoms with Gasteiger partial charge in [0, 0.05) is 18.7 Å². The highest BCUT2D eigenvalue weighted by Crippen LogP contribution is 2.34. The van der Waals surface area contributed by atoms with E-state index in [9.17, 15) is 18.8 Å². The third-order valence-corrected chi connectivity index (χ3v) is 4.54. The number of rotatable bonds is 6. The van der Waals surface area contributed by atoms with E-state index >= 15 is 0 Å². The van der Waals surface area contributed by atoms with Crippen molar-refractivity contribution < 1.29 is 28.2 Å². The Morgan fingerprint density at radius 3 is 2.76 bits per heavy atom.